The first kappa shape index (κ1) is 19.8. The molecule has 2 aromatic carbocycles. The maximum atomic E-state index is 13.1. The number of aromatic nitrogens is 3. The zero-order valence-corrected chi connectivity index (χ0v) is 16.0. The summed E-state index contributed by atoms with van der Waals surface area (Å²) in [7, 11) is 0. The van der Waals surface area contributed by atoms with Crippen LogP contribution in [0.25, 0.3) is 5.69 Å². The van der Waals surface area contributed by atoms with Crippen molar-refractivity contribution in [2.24, 2.45) is 5.73 Å². The third kappa shape index (κ3) is 4.73. The lowest BCUT2D eigenvalue weighted by molar-refractivity contribution is 0.0997. The molecule has 0 radical (unpaired) electrons. The Morgan fingerprint density at radius 2 is 1.84 bits per heavy atom. The van der Waals surface area contributed by atoms with E-state index in [1.807, 2.05) is 0 Å². The number of carbonyl (C=O) groups excluding carboxylic acids is 2. The molecule has 2 amide bonds. The quantitative estimate of drug-likeness (QED) is 0.498. The van der Waals surface area contributed by atoms with Gasteiger partial charge in [-0.05, 0) is 54.6 Å². The van der Waals surface area contributed by atoms with Gasteiger partial charge in [-0.3, -0.25) is 9.59 Å². The summed E-state index contributed by atoms with van der Waals surface area (Å²) in [5.41, 5.74) is 6.84. The van der Waals surface area contributed by atoms with Crippen LogP contribution in [-0.4, -0.2) is 26.6 Å². The number of nitrogens with one attached hydrogen (secondary N) is 1. The maximum Gasteiger partial charge on any atom is 0.276 e. The largest absolute Gasteiger partial charge is 0.439 e. The van der Waals surface area contributed by atoms with Crippen LogP contribution in [0.5, 0.6) is 11.6 Å². The van der Waals surface area contributed by atoms with Gasteiger partial charge in [-0.25, -0.2) is 14.1 Å². The van der Waals surface area contributed by atoms with Gasteiger partial charge in [0.25, 0.3) is 5.91 Å². The smallest absolute Gasteiger partial charge is 0.276 e. The molecule has 0 aliphatic carbocycles. The van der Waals surface area contributed by atoms with Gasteiger partial charge < -0.3 is 15.8 Å². The van der Waals surface area contributed by atoms with Crippen LogP contribution in [0, 0.1) is 5.82 Å². The number of nitrogens with zero attached hydrogens (tertiary/aromatic N) is 3. The number of carbonyl (C=O) groups is 2. The van der Waals surface area contributed by atoms with Gasteiger partial charge in [-0.1, -0.05) is 6.07 Å². The SMILES string of the molecule is NC(=O)c1cccc(Oc2ccc(NC(=O)c3ccn(-c4ccc(F)cc4)n3)cn2)c1. The Balaban J connectivity index is 1.41. The minimum absolute atomic E-state index is 0.188. The maximum absolute atomic E-state index is 13.1. The highest BCUT2D eigenvalue weighted by Crippen LogP contribution is 2.21. The summed E-state index contributed by atoms with van der Waals surface area (Å²) in [6, 6.07) is 16.9. The zero-order valence-electron chi connectivity index (χ0n) is 16.0. The number of anilines is 1. The van der Waals surface area contributed by atoms with Crippen LogP contribution in [0.15, 0.2) is 79.1 Å². The first-order valence-electron chi connectivity index (χ1n) is 9.15. The van der Waals surface area contributed by atoms with E-state index in [1.54, 1.807) is 54.7 Å². The van der Waals surface area contributed by atoms with Crippen LogP contribution in [0.2, 0.25) is 0 Å². The summed E-state index contributed by atoms with van der Waals surface area (Å²) in [6.07, 6.45) is 3.04. The van der Waals surface area contributed by atoms with E-state index in [2.05, 4.69) is 15.4 Å². The van der Waals surface area contributed by atoms with E-state index in [-0.39, 0.29) is 17.4 Å². The molecular formula is C22H16FN5O3. The second kappa shape index (κ2) is 8.46. The average Bonchev–Trinajstić information content (AvgIpc) is 3.26. The number of ether oxygens (including phenoxy) is 1. The lowest BCUT2D eigenvalue weighted by atomic mass is 10.2. The second-order valence-corrected chi connectivity index (χ2v) is 6.46. The summed E-state index contributed by atoms with van der Waals surface area (Å²) in [6.45, 7) is 0. The second-order valence-electron chi connectivity index (χ2n) is 6.46. The Morgan fingerprint density at radius 1 is 1.03 bits per heavy atom. The van der Waals surface area contributed by atoms with Crippen molar-refractivity contribution in [1.29, 1.82) is 0 Å². The van der Waals surface area contributed by atoms with E-state index in [1.165, 1.54) is 29.1 Å². The van der Waals surface area contributed by atoms with Gasteiger partial charge in [0.15, 0.2) is 5.69 Å². The van der Waals surface area contributed by atoms with E-state index in [0.717, 1.165) is 0 Å². The number of primary amides is 1. The van der Waals surface area contributed by atoms with Gasteiger partial charge in [-0.15, -0.1) is 0 Å². The number of pyridine rings is 1. The number of nitrogens with two attached hydrogens (primary N) is 1. The number of halogens is 1. The van der Waals surface area contributed by atoms with Crippen LogP contribution in [0.3, 0.4) is 0 Å². The predicted molar refractivity (Wildman–Crippen MR) is 111 cm³/mol. The van der Waals surface area contributed by atoms with E-state index in [4.69, 9.17) is 10.5 Å². The van der Waals surface area contributed by atoms with Crippen LogP contribution in [0.1, 0.15) is 20.8 Å². The fourth-order valence-electron chi connectivity index (χ4n) is 2.73. The molecule has 0 unspecified atom stereocenters. The molecule has 0 atom stereocenters. The summed E-state index contributed by atoms with van der Waals surface area (Å²) in [4.78, 5) is 27.8. The van der Waals surface area contributed by atoms with Gasteiger partial charge in [0, 0.05) is 17.8 Å². The van der Waals surface area contributed by atoms with Crippen LogP contribution < -0.4 is 15.8 Å². The highest BCUT2D eigenvalue weighted by atomic mass is 19.1. The minimum Gasteiger partial charge on any atom is -0.439 e. The van der Waals surface area contributed by atoms with E-state index in [9.17, 15) is 14.0 Å². The van der Waals surface area contributed by atoms with Crippen molar-refractivity contribution in [3.8, 4) is 17.3 Å². The molecule has 0 saturated carbocycles. The third-order valence-corrected chi connectivity index (χ3v) is 4.25. The molecule has 9 heteroatoms. The molecule has 4 aromatic rings. The topological polar surface area (TPSA) is 112 Å². The Hall–Kier alpha value is -4.53. The van der Waals surface area contributed by atoms with Crippen molar-refractivity contribution < 1.29 is 18.7 Å². The van der Waals surface area contributed by atoms with E-state index >= 15 is 0 Å². The molecule has 154 valence electrons. The van der Waals surface area contributed by atoms with Gasteiger partial charge in [-0.2, -0.15) is 5.10 Å². The third-order valence-electron chi connectivity index (χ3n) is 4.25. The molecule has 0 saturated heterocycles. The molecule has 0 spiro atoms. The average molecular weight is 417 g/mol. The minimum atomic E-state index is -0.557. The van der Waals surface area contributed by atoms with Crippen molar-refractivity contribution in [2.45, 2.75) is 0 Å². The molecule has 2 aromatic heterocycles. The predicted octanol–water partition coefficient (Wildman–Crippen LogP) is 3.55. The Morgan fingerprint density at radius 3 is 2.55 bits per heavy atom. The van der Waals surface area contributed by atoms with Gasteiger partial charge in [0.1, 0.15) is 11.6 Å². The number of hydrogen-bond acceptors (Lipinski definition) is 5. The molecule has 8 nitrogen and oxygen atoms in total. The van der Waals surface area contributed by atoms with Crippen LogP contribution in [0.4, 0.5) is 10.1 Å². The first-order chi connectivity index (χ1) is 15.0. The van der Waals surface area contributed by atoms with E-state index < -0.39 is 11.8 Å². The fourth-order valence-corrected chi connectivity index (χ4v) is 2.73. The summed E-state index contributed by atoms with van der Waals surface area (Å²) >= 11 is 0. The van der Waals surface area contributed by atoms with Crippen molar-refractivity contribution >= 4 is 17.5 Å². The molecule has 0 bridgehead atoms. The highest BCUT2D eigenvalue weighted by Gasteiger charge is 2.11. The van der Waals surface area contributed by atoms with Gasteiger partial charge in [0.05, 0.1) is 17.6 Å². The highest BCUT2D eigenvalue weighted by molar-refractivity contribution is 6.02. The number of hydrogen-bond donors (Lipinski definition) is 2. The molecule has 0 aliphatic heterocycles. The first-order valence-corrected chi connectivity index (χ1v) is 9.15. The van der Waals surface area contributed by atoms with Crippen LogP contribution >= 0.6 is 0 Å². The Bertz CT molecular complexity index is 1240. The van der Waals surface area contributed by atoms with Gasteiger partial charge in [0.2, 0.25) is 11.8 Å². The lowest BCUT2D eigenvalue weighted by Gasteiger charge is -2.07. The monoisotopic (exact) mass is 417 g/mol. The van der Waals surface area contributed by atoms with E-state index in [0.29, 0.717) is 22.7 Å². The lowest BCUT2D eigenvalue weighted by Crippen LogP contribution is -2.13. The number of amides is 2. The molecule has 2 heterocycles. The standard InChI is InChI=1S/C22H16FN5O3/c23-15-4-7-17(8-5-15)28-11-10-19(27-28)22(30)26-16-6-9-20(25-13-16)31-18-3-1-2-14(12-18)21(24)29/h1-13H,(H2,24,29)(H,26,30). The van der Waals surface area contributed by atoms with Crippen molar-refractivity contribution in [3.63, 3.8) is 0 Å². The number of benzene rings is 2. The summed E-state index contributed by atoms with van der Waals surface area (Å²) in [5.74, 6) is -0.648. The molecule has 3 N–H and O–H groups in total. The normalized spacial score (nSPS) is 10.5. The van der Waals surface area contributed by atoms with Crippen LogP contribution in [-0.2, 0) is 0 Å². The fraction of sp³-hybridized carbons (Fsp3) is 0. The van der Waals surface area contributed by atoms with Crippen molar-refractivity contribution in [3.05, 3.63) is 96.2 Å². The Kier molecular flexibility index (Phi) is 5.39. The summed E-state index contributed by atoms with van der Waals surface area (Å²) in [5, 5.41) is 6.89. The van der Waals surface area contributed by atoms with Crippen molar-refractivity contribution in [1.82, 2.24) is 14.8 Å². The summed E-state index contributed by atoms with van der Waals surface area (Å²) < 4.78 is 20.1. The molecule has 0 aliphatic rings. The molecule has 4 rings (SSSR count). The van der Waals surface area contributed by atoms with Gasteiger partial charge >= 0.3 is 0 Å². The number of rotatable bonds is 6. The zero-order chi connectivity index (χ0) is 21.8. The molecule has 0 fully saturated rings. The molecular weight excluding hydrogens is 401 g/mol. The Labute approximate surface area is 176 Å². The molecule has 31 heavy (non-hydrogen) atoms. The van der Waals surface area contributed by atoms with Crippen molar-refractivity contribution in [2.75, 3.05) is 5.32 Å².